The van der Waals surface area contributed by atoms with Gasteiger partial charge in [-0.1, -0.05) is 18.2 Å². The van der Waals surface area contributed by atoms with Crippen LogP contribution in [0.3, 0.4) is 0 Å². The third-order valence-corrected chi connectivity index (χ3v) is 4.87. The Kier molecular flexibility index (Phi) is 4.81. The van der Waals surface area contributed by atoms with Gasteiger partial charge in [0.25, 0.3) is 0 Å². The number of H-pyrrole nitrogens is 1. The standard InChI is InChI=1S/C19H17NO4S/c1-12(18(21)16-11-20-17-6-4-3-5-15(16)17)24-19(22)13-7-9-14(10-8-13)25(2)23/h3-12,20H,1-2H3/t12-,25-/m0/s1. The van der Waals surface area contributed by atoms with E-state index in [2.05, 4.69) is 4.98 Å². The number of Topliss-reactive ketones (excluding diaryl/α,β-unsaturated/α-hetero) is 1. The number of aromatic amines is 1. The van der Waals surface area contributed by atoms with E-state index in [4.69, 9.17) is 4.74 Å². The lowest BCUT2D eigenvalue weighted by molar-refractivity contribution is 0.0319. The van der Waals surface area contributed by atoms with Gasteiger partial charge in [-0.2, -0.15) is 0 Å². The molecule has 128 valence electrons. The molecular weight excluding hydrogens is 338 g/mol. The number of rotatable bonds is 5. The number of ketones is 1. The molecule has 3 rings (SSSR count). The summed E-state index contributed by atoms with van der Waals surface area (Å²) >= 11 is 0. The summed E-state index contributed by atoms with van der Waals surface area (Å²) in [5.41, 5.74) is 1.66. The molecule has 0 bridgehead atoms. The molecule has 0 fully saturated rings. The molecule has 25 heavy (non-hydrogen) atoms. The maximum atomic E-state index is 12.6. The zero-order valence-electron chi connectivity index (χ0n) is 13.8. The van der Waals surface area contributed by atoms with E-state index in [0.29, 0.717) is 16.0 Å². The van der Waals surface area contributed by atoms with Gasteiger partial charge in [-0.15, -0.1) is 0 Å². The van der Waals surface area contributed by atoms with E-state index in [1.807, 2.05) is 24.3 Å². The fraction of sp³-hybridized carbons (Fsp3) is 0.158. The van der Waals surface area contributed by atoms with Crippen molar-refractivity contribution < 1.29 is 18.5 Å². The summed E-state index contributed by atoms with van der Waals surface area (Å²) in [5.74, 6) is -0.855. The molecule has 0 radical (unpaired) electrons. The van der Waals surface area contributed by atoms with E-state index in [0.717, 1.165) is 10.9 Å². The third-order valence-electron chi connectivity index (χ3n) is 3.93. The van der Waals surface area contributed by atoms with Crippen molar-refractivity contribution in [3.8, 4) is 0 Å². The van der Waals surface area contributed by atoms with Gasteiger partial charge in [0.1, 0.15) is 0 Å². The average molecular weight is 355 g/mol. The Balaban J connectivity index is 1.74. The van der Waals surface area contributed by atoms with Gasteiger partial charge < -0.3 is 9.72 Å². The Bertz CT molecular complexity index is 959. The van der Waals surface area contributed by atoms with Crippen LogP contribution in [0.1, 0.15) is 27.6 Å². The maximum Gasteiger partial charge on any atom is 0.338 e. The van der Waals surface area contributed by atoms with Crippen LogP contribution < -0.4 is 0 Å². The second kappa shape index (κ2) is 7.03. The lowest BCUT2D eigenvalue weighted by Gasteiger charge is -2.12. The monoisotopic (exact) mass is 355 g/mol. The van der Waals surface area contributed by atoms with Crippen molar-refractivity contribution in [3.63, 3.8) is 0 Å². The highest BCUT2D eigenvalue weighted by Gasteiger charge is 2.22. The Morgan fingerprint density at radius 3 is 2.44 bits per heavy atom. The van der Waals surface area contributed by atoms with Crippen LogP contribution in [-0.4, -0.2) is 33.3 Å². The van der Waals surface area contributed by atoms with Crippen molar-refractivity contribution in [1.29, 1.82) is 0 Å². The molecule has 5 nitrogen and oxygen atoms in total. The Labute approximate surface area is 147 Å². The lowest BCUT2D eigenvalue weighted by Crippen LogP contribution is -2.24. The summed E-state index contributed by atoms with van der Waals surface area (Å²) in [6.45, 7) is 1.55. The lowest BCUT2D eigenvalue weighted by atomic mass is 10.1. The number of nitrogens with one attached hydrogen (secondary N) is 1. The second-order valence-corrected chi connectivity index (χ2v) is 7.02. The molecular formula is C19H17NO4S. The topological polar surface area (TPSA) is 76.2 Å². The van der Waals surface area contributed by atoms with Gasteiger partial charge >= 0.3 is 5.97 Å². The van der Waals surface area contributed by atoms with Crippen LogP contribution in [0.5, 0.6) is 0 Å². The third kappa shape index (κ3) is 3.53. The SMILES string of the molecule is C[C@H](OC(=O)c1ccc([S@](C)=O)cc1)C(=O)c1c[nH]c2ccccc12. The molecule has 0 aliphatic rings. The van der Waals surface area contributed by atoms with Crippen LogP contribution in [0.4, 0.5) is 0 Å². The van der Waals surface area contributed by atoms with Gasteiger partial charge in [-0.3, -0.25) is 9.00 Å². The summed E-state index contributed by atoms with van der Waals surface area (Å²) in [5, 5.41) is 0.796. The highest BCUT2D eigenvalue weighted by Crippen LogP contribution is 2.20. The van der Waals surface area contributed by atoms with E-state index in [9.17, 15) is 13.8 Å². The van der Waals surface area contributed by atoms with Gasteiger partial charge in [-0.05, 0) is 37.3 Å². The molecule has 1 aromatic heterocycles. The van der Waals surface area contributed by atoms with E-state index >= 15 is 0 Å². The number of hydrogen-bond donors (Lipinski definition) is 1. The molecule has 2 aromatic carbocycles. The number of carbonyl (C=O) groups excluding carboxylic acids is 2. The highest BCUT2D eigenvalue weighted by molar-refractivity contribution is 7.84. The summed E-state index contributed by atoms with van der Waals surface area (Å²) in [7, 11) is -1.11. The van der Waals surface area contributed by atoms with Crippen LogP contribution in [0.2, 0.25) is 0 Å². The Hall–Kier alpha value is -2.73. The van der Waals surface area contributed by atoms with Crippen LogP contribution in [-0.2, 0) is 15.5 Å². The summed E-state index contributed by atoms with van der Waals surface area (Å²) in [6, 6.07) is 13.8. The van der Waals surface area contributed by atoms with Crippen LogP contribution in [0, 0.1) is 0 Å². The molecule has 0 aliphatic heterocycles. The van der Waals surface area contributed by atoms with E-state index in [1.165, 1.54) is 0 Å². The zero-order chi connectivity index (χ0) is 18.0. The van der Waals surface area contributed by atoms with Crippen molar-refractivity contribution in [1.82, 2.24) is 4.98 Å². The van der Waals surface area contributed by atoms with Crippen LogP contribution in [0.25, 0.3) is 10.9 Å². The quantitative estimate of drug-likeness (QED) is 0.563. The van der Waals surface area contributed by atoms with Crippen molar-refractivity contribution >= 4 is 33.5 Å². The minimum Gasteiger partial charge on any atom is -0.451 e. The van der Waals surface area contributed by atoms with Gasteiger partial charge in [-0.25, -0.2) is 4.79 Å². The summed E-state index contributed by atoms with van der Waals surface area (Å²) in [6.07, 6.45) is 2.28. The number of ether oxygens (including phenoxy) is 1. The highest BCUT2D eigenvalue weighted by atomic mass is 32.2. The number of para-hydroxylation sites is 1. The number of hydrogen-bond acceptors (Lipinski definition) is 4. The number of benzene rings is 2. The normalized spacial score (nSPS) is 13.4. The first-order valence-electron chi connectivity index (χ1n) is 7.72. The van der Waals surface area contributed by atoms with Gasteiger partial charge in [0.2, 0.25) is 5.78 Å². The fourth-order valence-electron chi connectivity index (χ4n) is 2.56. The summed E-state index contributed by atoms with van der Waals surface area (Å²) in [4.78, 5) is 28.5. The van der Waals surface area contributed by atoms with E-state index in [1.54, 1.807) is 43.6 Å². The molecule has 6 heteroatoms. The number of esters is 1. The molecule has 1 N–H and O–H groups in total. The first-order valence-corrected chi connectivity index (χ1v) is 9.28. The molecule has 0 spiro atoms. The molecule has 0 aliphatic carbocycles. The summed E-state index contributed by atoms with van der Waals surface area (Å²) < 4.78 is 16.7. The molecule has 0 saturated heterocycles. The van der Waals surface area contributed by atoms with Crippen molar-refractivity contribution in [2.24, 2.45) is 0 Å². The van der Waals surface area contributed by atoms with Gasteiger partial charge in [0.05, 0.1) is 5.56 Å². The largest absolute Gasteiger partial charge is 0.451 e. The molecule has 0 saturated carbocycles. The number of fused-ring (bicyclic) bond motifs is 1. The average Bonchev–Trinajstić information content (AvgIpc) is 3.05. The van der Waals surface area contributed by atoms with Crippen molar-refractivity contribution in [2.45, 2.75) is 17.9 Å². The first-order chi connectivity index (χ1) is 12.0. The van der Waals surface area contributed by atoms with Crippen molar-refractivity contribution in [3.05, 3.63) is 65.9 Å². The van der Waals surface area contributed by atoms with Gasteiger partial charge in [0.15, 0.2) is 6.10 Å². The van der Waals surface area contributed by atoms with Crippen molar-refractivity contribution in [2.75, 3.05) is 6.26 Å². The fourth-order valence-corrected chi connectivity index (χ4v) is 3.08. The maximum absolute atomic E-state index is 12.6. The number of carbonyl (C=O) groups is 2. The minimum atomic E-state index is -1.11. The molecule has 0 amide bonds. The first kappa shape index (κ1) is 17.1. The van der Waals surface area contributed by atoms with Gasteiger partial charge in [0, 0.05) is 44.6 Å². The molecule has 1 heterocycles. The van der Waals surface area contributed by atoms with E-state index < -0.39 is 22.9 Å². The Morgan fingerprint density at radius 1 is 1.08 bits per heavy atom. The molecule has 0 unspecified atom stereocenters. The Morgan fingerprint density at radius 2 is 1.76 bits per heavy atom. The van der Waals surface area contributed by atoms with E-state index in [-0.39, 0.29) is 5.78 Å². The van der Waals surface area contributed by atoms with Crippen LogP contribution in [0.15, 0.2) is 59.6 Å². The second-order valence-electron chi connectivity index (χ2n) is 5.64. The predicted molar refractivity (Wildman–Crippen MR) is 96.3 cm³/mol. The molecule has 2 atom stereocenters. The predicted octanol–water partition coefficient (Wildman–Crippen LogP) is 3.33. The van der Waals surface area contributed by atoms with Crippen LogP contribution >= 0.6 is 0 Å². The molecule has 3 aromatic rings. The minimum absolute atomic E-state index is 0.267. The number of aromatic nitrogens is 1. The smallest absolute Gasteiger partial charge is 0.338 e. The zero-order valence-corrected chi connectivity index (χ0v) is 14.6.